The van der Waals surface area contributed by atoms with E-state index >= 15 is 0 Å². The molecule has 1 fully saturated rings. The number of likely N-dealkylation sites (tertiary alicyclic amines) is 1. The van der Waals surface area contributed by atoms with Gasteiger partial charge in [0.1, 0.15) is 5.60 Å². The Morgan fingerprint density at radius 2 is 1.62 bits per heavy atom. The van der Waals surface area contributed by atoms with Gasteiger partial charge in [0, 0.05) is 18.5 Å². The molecule has 2 heterocycles. The number of amides is 1. The maximum absolute atomic E-state index is 12.2. The fourth-order valence-corrected chi connectivity index (χ4v) is 3.96. The van der Waals surface area contributed by atoms with Crippen molar-refractivity contribution in [1.29, 1.82) is 10.5 Å². The highest BCUT2D eigenvalue weighted by atomic mass is 32.2. The van der Waals surface area contributed by atoms with Crippen LogP contribution in [0.5, 0.6) is 0 Å². The second-order valence-electron chi connectivity index (χ2n) is 6.85. The van der Waals surface area contributed by atoms with E-state index in [0.29, 0.717) is 47.1 Å². The summed E-state index contributed by atoms with van der Waals surface area (Å²) in [6, 6.07) is 4.28. The van der Waals surface area contributed by atoms with Gasteiger partial charge in [-0.15, -0.1) is 0 Å². The average Bonchev–Trinajstić information content (AvgIpc) is 2.46. The molecule has 1 amide bonds. The molecule has 0 atom stereocenters. The molecule has 8 heteroatoms. The first-order valence-electron chi connectivity index (χ1n) is 7.61. The predicted octanol–water partition coefficient (Wildman–Crippen LogP) is 2.14. The smallest absolute Gasteiger partial charge is 0.410 e. The SMILES string of the molecule is CC(C)(C)OC(=O)N1CCC2(CC1)C(C#N)=C(N)SC(N)=C2C#N. The number of ether oxygens (including phenoxy) is 1. The Morgan fingerprint density at radius 1 is 1.17 bits per heavy atom. The first-order chi connectivity index (χ1) is 11.1. The van der Waals surface area contributed by atoms with Crippen molar-refractivity contribution in [1.82, 2.24) is 4.90 Å². The van der Waals surface area contributed by atoms with Gasteiger partial charge in [-0.25, -0.2) is 4.79 Å². The molecule has 2 aliphatic rings. The number of nitrogens with zero attached hydrogens (tertiary/aromatic N) is 3. The number of allylic oxidation sites excluding steroid dienone is 2. The molecular formula is C16H21N5O2S. The molecule has 0 saturated carbocycles. The summed E-state index contributed by atoms with van der Waals surface area (Å²) < 4.78 is 5.38. The van der Waals surface area contributed by atoms with Crippen molar-refractivity contribution >= 4 is 17.9 Å². The van der Waals surface area contributed by atoms with E-state index in [1.807, 2.05) is 20.8 Å². The number of piperidine rings is 1. The van der Waals surface area contributed by atoms with E-state index in [-0.39, 0.29) is 0 Å². The quantitative estimate of drug-likeness (QED) is 0.686. The zero-order chi connectivity index (χ0) is 18.1. The molecule has 4 N–H and O–H groups in total. The highest BCUT2D eigenvalue weighted by molar-refractivity contribution is 8.06. The summed E-state index contributed by atoms with van der Waals surface area (Å²) in [7, 11) is 0. The summed E-state index contributed by atoms with van der Waals surface area (Å²) in [4.78, 5) is 13.8. The Bertz CT molecular complexity index is 659. The number of rotatable bonds is 0. The van der Waals surface area contributed by atoms with E-state index in [0.717, 1.165) is 11.8 Å². The summed E-state index contributed by atoms with van der Waals surface area (Å²) in [6.45, 7) is 6.17. The van der Waals surface area contributed by atoms with Crippen molar-refractivity contribution in [3.63, 3.8) is 0 Å². The van der Waals surface area contributed by atoms with Crippen LogP contribution in [0, 0.1) is 28.1 Å². The molecule has 128 valence electrons. The van der Waals surface area contributed by atoms with Crippen molar-refractivity contribution in [3.8, 4) is 12.1 Å². The monoisotopic (exact) mass is 347 g/mol. The van der Waals surface area contributed by atoms with Crippen LogP contribution in [0.1, 0.15) is 33.6 Å². The summed E-state index contributed by atoms with van der Waals surface area (Å²) in [6.07, 6.45) is 0.438. The average molecular weight is 347 g/mol. The van der Waals surface area contributed by atoms with Gasteiger partial charge >= 0.3 is 6.09 Å². The van der Waals surface area contributed by atoms with Gasteiger partial charge in [-0.2, -0.15) is 10.5 Å². The topological polar surface area (TPSA) is 129 Å². The summed E-state index contributed by atoms with van der Waals surface area (Å²) in [5.41, 5.74) is 11.3. The van der Waals surface area contributed by atoms with Gasteiger partial charge in [-0.05, 0) is 33.6 Å². The second-order valence-corrected chi connectivity index (χ2v) is 7.94. The van der Waals surface area contributed by atoms with Crippen molar-refractivity contribution in [2.75, 3.05) is 13.1 Å². The lowest BCUT2D eigenvalue weighted by molar-refractivity contribution is 0.0162. The van der Waals surface area contributed by atoms with Crippen LogP contribution >= 0.6 is 11.8 Å². The first kappa shape index (κ1) is 18.0. The van der Waals surface area contributed by atoms with Crippen molar-refractivity contribution in [3.05, 3.63) is 21.2 Å². The fourth-order valence-electron chi connectivity index (χ4n) is 3.04. The Morgan fingerprint density at radius 3 is 2.00 bits per heavy atom. The Kier molecular flexibility index (Phi) is 4.73. The van der Waals surface area contributed by atoms with Crippen LogP contribution in [0.4, 0.5) is 4.79 Å². The normalized spacial score (nSPS) is 20.6. The molecule has 0 radical (unpaired) electrons. The molecule has 0 aromatic rings. The van der Waals surface area contributed by atoms with Gasteiger partial charge in [-0.3, -0.25) is 0 Å². The van der Waals surface area contributed by atoms with E-state index in [9.17, 15) is 15.3 Å². The third kappa shape index (κ3) is 3.15. The number of hydrogen-bond acceptors (Lipinski definition) is 7. The lowest BCUT2D eigenvalue weighted by atomic mass is 9.68. The number of nitriles is 2. The van der Waals surface area contributed by atoms with Gasteiger partial charge < -0.3 is 21.1 Å². The van der Waals surface area contributed by atoms with Gasteiger partial charge in [0.2, 0.25) is 0 Å². The van der Waals surface area contributed by atoms with Crippen LogP contribution < -0.4 is 11.5 Å². The minimum atomic E-state index is -0.804. The Hall–Kier alpha value is -2.32. The van der Waals surface area contributed by atoms with E-state index < -0.39 is 17.1 Å². The standard InChI is InChI=1S/C16H21N5O2S/c1-15(2,3)23-14(22)21-6-4-16(5-7-21)10(8-17)12(19)24-13(20)11(16)9-18/h4-7,19-20H2,1-3H3. The first-order valence-corrected chi connectivity index (χ1v) is 8.42. The maximum Gasteiger partial charge on any atom is 0.410 e. The minimum Gasteiger partial charge on any atom is -0.444 e. The second kappa shape index (κ2) is 6.29. The highest BCUT2D eigenvalue weighted by Crippen LogP contribution is 2.52. The Balaban J connectivity index is 2.27. The lowest BCUT2D eigenvalue weighted by Crippen LogP contribution is -2.47. The molecule has 0 unspecified atom stereocenters. The number of thioether (sulfide) groups is 1. The summed E-state index contributed by atoms with van der Waals surface area (Å²) in [5.74, 6) is 0. The number of carbonyl (C=O) groups excluding carboxylic acids is 1. The van der Waals surface area contributed by atoms with Crippen LogP contribution in [0.3, 0.4) is 0 Å². The molecule has 2 rings (SSSR count). The number of carbonyl (C=O) groups is 1. The van der Waals surface area contributed by atoms with Crippen LogP contribution in [-0.4, -0.2) is 29.7 Å². The van der Waals surface area contributed by atoms with Crippen LogP contribution in [0.2, 0.25) is 0 Å². The van der Waals surface area contributed by atoms with Gasteiger partial charge in [0.05, 0.1) is 33.3 Å². The predicted molar refractivity (Wildman–Crippen MR) is 90.7 cm³/mol. The molecule has 7 nitrogen and oxygen atoms in total. The largest absolute Gasteiger partial charge is 0.444 e. The van der Waals surface area contributed by atoms with Crippen LogP contribution in [-0.2, 0) is 4.74 Å². The number of nitrogens with two attached hydrogens (primary N) is 2. The molecule has 0 aromatic carbocycles. The van der Waals surface area contributed by atoms with Crippen LogP contribution in [0.25, 0.3) is 0 Å². The van der Waals surface area contributed by atoms with E-state index in [4.69, 9.17) is 16.2 Å². The van der Waals surface area contributed by atoms with Crippen LogP contribution in [0.15, 0.2) is 21.2 Å². The highest BCUT2D eigenvalue weighted by Gasteiger charge is 2.47. The van der Waals surface area contributed by atoms with Gasteiger partial charge in [-0.1, -0.05) is 11.8 Å². The molecule has 24 heavy (non-hydrogen) atoms. The molecule has 1 saturated heterocycles. The van der Waals surface area contributed by atoms with Gasteiger partial charge in [0.25, 0.3) is 0 Å². The Labute approximate surface area is 145 Å². The van der Waals surface area contributed by atoms with E-state index in [2.05, 4.69) is 12.1 Å². The third-order valence-electron chi connectivity index (χ3n) is 4.16. The van der Waals surface area contributed by atoms with Crippen molar-refractivity contribution < 1.29 is 9.53 Å². The van der Waals surface area contributed by atoms with Crippen molar-refractivity contribution in [2.24, 2.45) is 16.9 Å². The zero-order valence-electron chi connectivity index (χ0n) is 14.0. The van der Waals surface area contributed by atoms with Crippen molar-refractivity contribution in [2.45, 2.75) is 39.2 Å². The summed E-state index contributed by atoms with van der Waals surface area (Å²) in [5, 5.41) is 19.7. The zero-order valence-corrected chi connectivity index (χ0v) is 14.9. The molecule has 1 spiro atoms. The lowest BCUT2D eigenvalue weighted by Gasteiger charge is -2.43. The molecule has 0 aromatic heterocycles. The molecule has 2 aliphatic heterocycles. The molecule has 0 bridgehead atoms. The van der Waals surface area contributed by atoms with E-state index in [1.165, 1.54) is 0 Å². The minimum absolute atomic E-state index is 0.333. The number of hydrogen-bond donors (Lipinski definition) is 2. The summed E-state index contributed by atoms with van der Waals surface area (Å²) >= 11 is 1.05. The van der Waals surface area contributed by atoms with E-state index in [1.54, 1.807) is 4.90 Å². The fraction of sp³-hybridized carbons (Fsp3) is 0.562. The molecular weight excluding hydrogens is 326 g/mol. The maximum atomic E-state index is 12.2. The third-order valence-corrected chi connectivity index (χ3v) is 5.01. The van der Waals surface area contributed by atoms with Gasteiger partial charge in [0.15, 0.2) is 0 Å². The molecule has 0 aliphatic carbocycles.